The molecule has 0 aromatic carbocycles. The second kappa shape index (κ2) is 7.02. The Morgan fingerprint density at radius 3 is 2.91 bits per heavy atom. The van der Waals surface area contributed by atoms with Crippen molar-refractivity contribution in [2.24, 2.45) is 0 Å². The molecule has 0 spiro atoms. The highest BCUT2D eigenvalue weighted by Gasteiger charge is 2.28. The summed E-state index contributed by atoms with van der Waals surface area (Å²) in [5.74, 6) is -0.661. The second-order valence-corrected chi connectivity index (χ2v) is 5.83. The van der Waals surface area contributed by atoms with Crippen molar-refractivity contribution in [3.05, 3.63) is 22.7 Å². The third-order valence-electron chi connectivity index (χ3n) is 3.31. The first kappa shape index (κ1) is 16.6. The Morgan fingerprint density at radius 1 is 1.55 bits per heavy atom. The van der Waals surface area contributed by atoms with E-state index in [-0.39, 0.29) is 35.5 Å². The van der Waals surface area contributed by atoms with Gasteiger partial charge in [0.2, 0.25) is 0 Å². The maximum absolute atomic E-state index is 12.6. The summed E-state index contributed by atoms with van der Waals surface area (Å²) in [5.41, 5.74) is 0.149. The van der Waals surface area contributed by atoms with Crippen LogP contribution < -0.4 is 0 Å². The molecule has 1 aliphatic heterocycles. The summed E-state index contributed by atoms with van der Waals surface area (Å²) in [7, 11) is 0. The number of carbonyl (C=O) groups excluding carboxylic acids is 1. The zero-order valence-corrected chi connectivity index (χ0v) is 13.2. The summed E-state index contributed by atoms with van der Waals surface area (Å²) in [6.07, 6.45) is 0.769. The van der Waals surface area contributed by atoms with Gasteiger partial charge in [0.05, 0.1) is 30.4 Å². The smallest absolute Gasteiger partial charge is 0.306 e. The van der Waals surface area contributed by atoms with Crippen LogP contribution >= 0.6 is 11.6 Å². The van der Waals surface area contributed by atoms with E-state index in [4.69, 9.17) is 21.4 Å². The van der Waals surface area contributed by atoms with Gasteiger partial charge in [0.25, 0.3) is 5.91 Å². The molecular weight excluding hydrogens is 310 g/mol. The number of morpholine rings is 1. The van der Waals surface area contributed by atoms with Crippen LogP contribution in [0.25, 0.3) is 0 Å². The number of rotatable bonds is 4. The normalized spacial score (nSPS) is 18.5. The number of carboxylic acid groups (broad SMARTS) is 1. The number of carbonyl (C=O) groups is 2. The van der Waals surface area contributed by atoms with E-state index >= 15 is 0 Å². The van der Waals surface area contributed by atoms with Crippen molar-refractivity contribution in [1.29, 1.82) is 0 Å². The number of aromatic nitrogens is 2. The molecule has 0 aliphatic carbocycles. The van der Waals surface area contributed by atoms with E-state index in [1.165, 1.54) is 11.1 Å². The average Bonchev–Trinajstić information content (AvgIpc) is 2.46. The van der Waals surface area contributed by atoms with Crippen LogP contribution in [0.3, 0.4) is 0 Å². The molecule has 0 bridgehead atoms. The fraction of sp³-hybridized carbons (Fsp3) is 0.571. The van der Waals surface area contributed by atoms with Gasteiger partial charge >= 0.3 is 5.97 Å². The number of nitrogens with zero attached hydrogens (tertiary/aromatic N) is 3. The number of hydrogen-bond acceptors (Lipinski definition) is 5. The number of halogens is 1. The van der Waals surface area contributed by atoms with Crippen LogP contribution in [0.5, 0.6) is 0 Å². The Morgan fingerprint density at radius 2 is 2.27 bits per heavy atom. The molecule has 0 saturated carbocycles. The van der Waals surface area contributed by atoms with Crippen LogP contribution in [0, 0.1) is 0 Å². The lowest BCUT2D eigenvalue weighted by atomic mass is 10.2. The Kier molecular flexibility index (Phi) is 5.31. The molecule has 1 saturated heterocycles. The minimum atomic E-state index is -0.957. The Bertz CT molecular complexity index is 579. The van der Waals surface area contributed by atoms with Crippen molar-refractivity contribution < 1.29 is 19.4 Å². The van der Waals surface area contributed by atoms with Gasteiger partial charge in [0.15, 0.2) is 5.69 Å². The lowest BCUT2D eigenvalue weighted by Gasteiger charge is -2.32. The highest BCUT2D eigenvalue weighted by molar-refractivity contribution is 6.33. The second-order valence-electron chi connectivity index (χ2n) is 5.42. The highest BCUT2D eigenvalue weighted by atomic mass is 35.5. The lowest BCUT2D eigenvalue weighted by Crippen LogP contribution is -2.46. The van der Waals surface area contributed by atoms with Crippen molar-refractivity contribution in [3.8, 4) is 0 Å². The van der Waals surface area contributed by atoms with Crippen molar-refractivity contribution in [2.45, 2.75) is 32.3 Å². The van der Waals surface area contributed by atoms with Gasteiger partial charge in [-0.1, -0.05) is 25.4 Å². The van der Waals surface area contributed by atoms with Crippen molar-refractivity contribution in [1.82, 2.24) is 14.9 Å². The minimum absolute atomic E-state index is 0.0771. The maximum Gasteiger partial charge on any atom is 0.306 e. The number of hydrogen-bond donors (Lipinski definition) is 1. The van der Waals surface area contributed by atoms with Crippen molar-refractivity contribution in [2.75, 3.05) is 19.7 Å². The molecule has 1 fully saturated rings. The number of amides is 1. The van der Waals surface area contributed by atoms with Crippen molar-refractivity contribution >= 4 is 23.5 Å². The molecule has 1 unspecified atom stereocenters. The molecule has 2 rings (SSSR count). The topological polar surface area (TPSA) is 92.6 Å². The van der Waals surface area contributed by atoms with Crippen molar-refractivity contribution in [3.63, 3.8) is 0 Å². The number of aliphatic carboxylic acids is 1. The van der Waals surface area contributed by atoms with E-state index < -0.39 is 12.1 Å². The van der Waals surface area contributed by atoms with E-state index in [0.717, 1.165) is 0 Å². The third-order valence-corrected chi connectivity index (χ3v) is 3.59. The molecule has 7 nitrogen and oxygen atoms in total. The van der Waals surface area contributed by atoms with Gasteiger partial charge in [-0.05, 0) is 0 Å². The molecule has 1 aromatic rings. The fourth-order valence-corrected chi connectivity index (χ4v) is 2.35. The first-order valence-electron chi connectivity index (χ1n) is 7.03. The lowest BCUT2D eigenvalue weighted by molar-refractivity contribution is -0.141. The predicted molar refractivity (Wildman–Crippen MR) is 79.0 cm³/mol. The van der Waals surface area contributed by atoms with Gasteiger partial charge in [0.1, 0.15) is 5.82 Å². The molecule has 1 N–H and O–H groups in total. The predicted octanol–water partition coefficient (Wildman–Crippen LogP) is 1.57. The van der Waals surface area contributed by atoms with Crippen LogP contribution in [-0.2, 0) is 9.53 Å². The summed E-state index contributed by atoms with van der Waals surface area (Å²) < 4.78 is 5.36. The molecule has 8 heteroatoms. The van der Waals surface area contributed by atoms with E-state index in [9.17, 15) is 9.59 Å². The molecular formula is C14H18ClN3O4. The fourth-order valence-electron chi connectivity index (χ4n) is 2.18. The molecule has 1 aliphatic rings. The van der Waals surface area contributed by atoms with Gasteiger partial charge in [-0.3, -0.25) is 9.59 Å². The largest absolute Gasteiger partial charge is 0.481 e. The zero-order valence-electron chi connectivity index (χ0n) is 12.5. The quantitative estimate of drug-likeness (QED) is 0.902. The van der Waals surface area contributed by atoms with Gasteiger partial charge in [0, 0.05) is 19.0 Å². The summed E-state index contributed by atoms with van der Waals surface area (Å²) in [4.78, 5) is 33.2. The molecule has 120 valence electrons. The minimum Gasteiger partial charge on any atom is -0.481 e. The Balaban J connectivity index is 2.17. The summed E-state index contributed by atoms with van der Waals surface area (Å²) in [6, 6.07) is 0. The molecule has 2 heterocycles. The van der Waals surface area contributed by atoms with Crippen LogP contribution in [0.4, 0.5) is 0 Å². The maximum atomic E-state index is 12.6. The zero-order chi connectivity index (χ0) is 16.3. The third kappa shape index (κ3) is 3.92. The molecule has 1 amide bonds. The molecule has 1 atom stereocenters. The van der Waals surface area contributed by atoms with Gasteiger partial charge in [-0.25, -0.2) is 9.97 Å². The van der Waals surface area contributed by atoms with Gasteiger partial charge in [-0.2, -0.15) is 0 Å². The molecule has 0 radical (unpaired) electrons. The van der Waals surface area contributed by atoms with Crippen LogP contribution in [0.2, 0.25) is 5.02 Å². The van der Waals surface area contributed by atoms with E-state index in [1.54, 1.807) is 0 Å². The number of carboxylic acids is 1. The number of ether oxygens (including phenoxy) is 1. The molecule has 22 heavy (non-hydrogen) atoms. The standard InChI is InChI=1S/C14H18ClN3O4/c1-8(2)13-16-6-10(15)12(17-13)14(21)18-3-4-22-9(7-18)5-11(19)20/h6,8-9H,3-5,7H2,1-2H3,(H,19,20). The van der Waals surface area contributed by atoms with E-state index in [0.29, 0.717) is 19.0 Å². The average molecular weight is 328 g/mol. The monoisotopic (exact) mass is 327 g/mol. The first-order chi connectivity index (χ1) is 10.4. The Hall–Kier alpha value is -1.73. The van der Waals surface area contributed by atoms with E-state index in [1.807, 2.05) is 13.8 Å². The van der Waals surface area contributed by atoms with Crippen LogP contribution in [0.1, 0.15) is 42.5 Å². The molecule has 1 aromatic heterocycles. The van der Waals surface area contributed by atoms with Crippen LogP contribution in [0.15, 0.2) is 6.20 Å². The van der Waals surface area contributed by atoms with Crippen LogP contribution in [-0.4, -0.2) is 57.7 Å². The SMILES string of the molecule is CC(C)c1ncc(Cl)c(C(=O)N2CCOC(CC(=O)O)C2)n1. The summed E-state index contributed by atoms with van der Waals surface area (Å²) >= 11 is 6.04. The Labute approximate surface area is 133 Å². The first-order valence-corrected chi connectivity index (χ1v) is 7.41. The summed E-state index contributed by atoms with van der Waals surface area (Å²) in [5, 5.41) is 9.01. The highest BCUT2D eigenvalue weighted by Crippen LogP contribution is 2.19. The van der Waals surface area contributed by atoms with Gasteiger partial charge < -0.3 is 14.7 Å². The summed E-state index contributed by atoms with van der Waals surface area (Å²) in [6.45, 7) is 4.74. The van der Waals surface area contributed by atoms with Gasteiger partial charge in [-0.15, -0.1) is 0 Å². The van der Waals surface area contributed by atoms with E-state index in [2.05, 4.69) is 9.97 Å².